The van der Waals surface area contributed by atoms with Crippen LogP contribution in [0.5, 0.6) is 5.75 Å². The largest absolute Gasteiger partial charge is 0.573 e. The van der Waals surface area contributed by atoms with Gasteiger partial charge >= 0.3 is 18.8 Å². The van der Waals surface area contributed by atoms with Crippen LogP contribution in [0.3, 0.4) is 0 Å². The summed E-state index contributed by atoms with van der Waals surface area (Å²) in [5.74, 6) is -1.47. The minimum atomic E-state index is -4.82. The van der Waals surface area contributed by atoms with Crippen LogP contribution >= 0.6 is 0 Å². The van der Waals surface area contributed by atoms with E-state index in [2.05, 4.69) is 14.8 Å². The number of anilines is 1. The average Bonchev–Trinajstić information content (AvgIpc) is 2.27. The Morgan fingerprint density at radius 1 is 1.39 bits per heavy atom. The smallest absolute Gasteiger partial charge is 0.406 e. The Balaban J connectivity index is 3.03. The SMILES string of the molecule is CNc1cc(OC(F)(F)F)ccc1C(=O)OC=O. The highest BCUT2D eigenvalue weighted by Gasteiger charge is 2.31. The molecule has 1 aromatic carbocycles. The normalized spacial score (nSPS) is 10.7. The Bertz CT molecular complexity index is 459. The van der Waals surface area contributed by atoms with Crippen molar-refractivity contribution in [1.29, 1.82) is 0 Å². The quantitative estimate of drug-likeness (QED) is 0.511. The molecule has 0 unspecified atom stereocenters. The van der Waals surface area contributed by atoms with Crippen molar-refractivity contribution in [2.45, 2.75) is 6.36 Å². The lowest BCUT2D eigenvalue weighted by Gasteiger charge is -2.12. The van der Waals surface area contributed by atoms with Gasteiger partial charge in [-0.05, 0) is 12.1 Å². The number of ether oxygens (including phenoxy) is 2. The van der Waals surface area contributed by atoms with Crippen LogP contribution in [0.25, 0.3) is 0 Å². The third-order valence-corrected chi connectivity index (χ3v) is 1.87. The molecule has 0 aliphatic rings. The van der Waals surface area contributed by atoms with E-state index in [1.807, 2.05) is 0 Å². The highest BCUT2D eigenvalue weighted by molar-refractivity contribution is 5.98. The summed E-state index contributed by atoms with van der Waals surface area (Å²) in [5.41, 5.74) is -0.0391. The van der Waals surface area contributed by atoms with Crippen LogP contribution in [0.1, 0.15) is 10.4 Å². The number of carbonyl (C=O) groups is 2. The molecule has 0 saturated heterocycles. The number of carbonyl (C=O) groups excluding carboxylic acids is 2. The molecule has 0 aliphatic carbocycles. The lowest BCUT2D eigenvalue weighted by atomic mass is 10.1. The second-order valence-corrected chi connectivity index (χ2v) is 3.01. The summed E-state index contributed by atoms with van der Waals surface area (Å²) in [6.07, 6.45) is -4.82. The summed E-state index contributed by atoms with van der Waals surface area (Å²) in [6.45, 7) is -0.0676. The van der Waals surface area contributed by atoms with Gasteiger partial charge in [-0.25, -0.2) is 4.79 Å². The Hall–Kier alpha value is -2.25. The molecule has 0 aromatic heterocycles. The minimum absolute atomic E-state index is 0.0450. The molecule has 1 N–H and O–H groups in total. The number of halogens is 3. The highest BCUT2D eigenvalue weighted by atomic mass is 19.4. The Morgan fingerprint density at radius 3 is 2.56 bits per heavy atom. The van der Waals surface area contributed by atoms with Crippen molar-refractivity contribution in [2.75, 3.05) is 12.4 Å². The van der Waals surface area contributed by atoms with Crippen LogP contribution in [-0.2, 0) is 9.53 Å². The highest BCUT2D eigenvalue weighted by Crippen LogP contribution is 2.27. The van der Waals surface area contributed by atoms with Gasteiger partial charge in [-0.3, -0.25) is 4.79 Å². The van der Waals surface area contributed by atoms with Crippen molar-refractivity contribution in [1.82, 2.24) is 0 Å². The van der Waals surface area contributed by atoms with Gasteiger partial charge in [-0.2, -0.15) is 0 Å². The standard InChI is InChI=1S/C10H8F3NO4/c1-14-8-4-6(18-10(11,12)13)2-3-7(8)9(16)17-5-15/h2-5,14H,1H3. The van der Waals surface area contributed by atoms with Gasteiger partial charge in [-0.1, -0.05) is 0 Å². The number of esters is 1. The first-order valence-electron chi connectivity index (χ1n) is 4.59. The summed E-state index contributed by atoms with van der Waals surface area (Å²) < 4.78 is 43.7. The first kappa shape index (κ1) is 13.8. The van der Waals surface area contributed by atoms with Gasteiger partial charge in [0.05, 0.1) is 11.3 Å². The van der Waals surface area contributed by atoms with Gasteiger partial charge < -0.3 is 14.8 Å². The average molecular weight is 263 g/mol. The summed E-state index contributed by atoms with van der Waals surface area (Å²) in [6, 6.07) is 2.96. The first-order valence-corrected chi connectivity index (χ1v) is 4.59. The zero-order valence-corrected chi connectivity index (χ0v) is 9.08. The first-order chi connectivity index (χ1) is 8.37. The molecular weight excluding hydrogens is 255 g/mol. The van der Waals surface area contributed by atoms with E-state index >= 15 is 0 Å². The predicted molar refractivity (Wildman–Crippen MR) is 54.2 cm³/mol. The van der Waals surface area contributed by atoms with Crippen molar-refractivity contribution in [3.63, 3.8) is 0 Å². The molecular formula is C10H8F3NO4. The number of hydrogen-bond donors (Lipinski definition) is 1. The topological polar surface area (TPSA) is 64.6 Å². The molecule has 0 fully saturated rings. The van der Waals surface area contributed by atoms with Crippen LogP contribution in [0, 0.1) is 0 Å². The van der Waals surface area contributed by atoms with Gasteiger partial charge in [0.2, 0.25) is 0 Å². The van der Waals surface area contributed by atoms with E-state index in [4.69, 9.17) is 0 Å². The van der Waals surface area contributed by atoms with Gasteiger partial charge in [-0.15, -0.1) is 13.2 Å². The second kappa shape index (κ2) is 5.39. The lowest BCUT2D eigenvalue weighted by molar-refractivity contribution is -0.274. The van der Waals surface area contributed by atoms with E-state index in [1.165, 1.54) is 7.05 Å². The van der Waals surface area contributed by atoms with Crippen molar-refractivity contribution in [3.8, 4) is 5.75 Å². The molecule has 0 bridgehead atoms. The maximum Gasteiger partial charge on any atom is 0.573 e. The van der Waals surface area contributed by atoms with Crippen LogP contribution < -0.4 is 10.1 Å². The van der Waals surface area contributed by atoms with Gasteiger partial charge in [0.15, 0.2) is 0 Å². The predicted octanol–water partition coefficient (Wildman–Crippen LogP) is 1.94. The van der Waals surface area contributed by atoms with E-state index in [9.17, 15) is 22.8 Å². The van der Waals surface area contributed by atoms with Crippen molar-refractivity contribution in [2.24, 2.45) is 0 Å². The fraction of sp³-hybridized carbons (Fsp3) is 0.200. The van der Waals surface area contributed by atoms with Crippen LogP contribution in [-0.4, -0.2) is 25.9 Å². The molecule has 0 radical (unpaired) electrons. The molecule has 0 saturated carbocycles. The van der Waals surface area contributed by atoms with E-state index < -0.39 is 18.1 Å². The number of nitrogens with one attached hydrogen (secondary N) is 1. The summed E-state index contributed by atoms with van der Waals surface area (Å²) in [7, 11) is 1.39. The number of hydrogen-bond acceptors (Lipinski definition) is 5. The number of rotatable bonds is 4. The molecule has 0 heterocycles. The fourth-order valence-electron chi connectivity index (χ4n) is 1.21. The van der Waals surface area contributed by atoms with E-state index in [1.54, 1.807) is 0 Å². The molecule has 1 rings (SSSR count). The molecule has 0 atom stereocenters. The van der Waals surface area contributed by atoms with E-state index in [0.717, 1.165) is 18.2 Å². The van der Waals surface area contributed by atoms with Gasteiger partial charge in [0, 0.05) is 13.1 Å². The Kier molecular flexibility index (Phi) is 4.13. The minimum Gasteiger partial charge on any atom is -0.406 e. The monoisotopic (exact) mass is 263 g/mol. The summed E-state index contributed by atoms with van der Waals surface area (Å²) in [4.78, 5) is 21.3. The molecule has 0 aliphatic heterocycles. The molecule has 18 heavy (non-hydrogen) atoms. The summed E-state index contributed by atoms with van der Waals surface area (Å²) >= 11 is 0. The van der Waals surface area contributed by atoms with Crippen molar-refractivity contribution >= 4 is 18.1 Å². The van der Waals surface area contributed by atoms with Gasteiger partial charge in [0.25, 0.3) is 0 Å². The molecule has 8 heteroatoms. The fourth-order valence-corrected chi connectivity index (χ4v) is 1.21. The zero-order chi connectivity index (χ0) is 13.8. The molecule has 1 aromatic rings. The molecule has 5 nitrogen and oxygen atoms in total. The Morgan fingerprint density at radius 2 is 2.06 bits per heavy atom. The maximum absolute atomic E-state index is 12.0. The third kappa shape index (κ3) is 3.65. The van der Waals surface area contributed by atoms with E-state index in [-0.39, 0.29) is 17.7 Å². The Labute approximate surface area is 99.5 Å². The van der Waals surface area contributed by atoms with E-state index in [0.29, 0.717) is 0 Å². The van der Waals surface area contributed by atoms with Crippen LogP contribution in [0.15, 0.2) is 18.2 Å². The number of benzene rings is 1. The lowest BCUT2D eigenvalue weighted by Crippen LogP contribution is -2.17. The molecule has 0 amide bonds. The number of alkyl halides is 3. The third-order valence-electron chi connectivity index (χ3n) is 1.87. The summed E-state index contributed by atoms with van der Waals surface area (Å²) in [5, 5.41) is 2.50. The van der Waals surface area contributed by atoms with Crippen LogP contribution in [0.4, 0.5) is 18.9 Å². The zero-order valence-electron chi connectivity index (χ0n) is 9.08. The molecule has 0 spiro atoms. The maximum atomic E-state index is 12.0. The molecule has 98 valence electrons. The van der Waals surface area contributed by atoms with Crippen molar-refractivity contribution in [3.05, 3.63) is 23.8 Å². The van der Waals surface area contributed by atoms with Crippen LogP contribution in [0.2, 0.25) is 0 Å². The second-order valence-electron chi connectivity index (χ2n) is 3.01. The van der Waals surface area contributed by atoms with Crippen molar-refractivity contribution < 1.29 is 32.2 Å². The van der Waals surface area contributed by atoms with Gasteiger partial charge in [0.1, 0.15) is 5.75 Å².